The minimum Gasteiger partial charge on any atom is -0.366 e. The van der Waals surface area contributed by atoms with Gasteiger partial charge in [0.25, 0.3) is 0 Å². The molecule has 2 aromatic heterocycles. The maximum absolute atomic E-state index is 6.08. The highest BCUT2D eigenvalue weighted by Gasteiger charge is 2.16. The number of nitrogens with one attached hydrogen (secondary N) is 2. The van der Waals surface area contributed by atoms with E-state index in [1.807, 2.05) is 48.7 Å². The third kappa shape index (κ3) is 4.74. The maximum atomic E-state index is 6.08. The number of rotatable bonds is 6. The van der Waals surface area contributed by atoms with E-state index in [1.54, 1.807) is 6.20 Å². The molecule has 27 heavy (non-hydrogen) atoms. The van der Waals surface area contributed by atoms with Gasteiger partial charge in [-0.1, -0.05) is 36.6 Å². The number of hydrogen-bond acceptors (Lipinski definition) is 5. The molecule has 0 atom stereocenters. The highest BCUT2D eigenvalue weighted by Crippen LogP contribution is 2.25. The van der Waals surface area contributed by atoms with E-state index in [-0.39, 0.29) is 0 Å². The molecule has 1 aliphatic carbocycles. The second-order valence-electron chi connectivity index (χ2n) is 6.81. The predicted octanol–water partition coefficient (Wildman–Crippen LogP) is 5.16. The first-order valence-electron chi connectivity index (χ1n) is 9.30. The van der Waals surface area contributed by atoms with Crippen molar-refractivity contribution in [3.05, 3.63) is 65.4 Å². The second kappa shape index (κ2) is 8.35. The molecule has 6 heteroatoms. The molecule has 0 bridgehead atoms. The molecular formula is C21H22ClN5. The Labute approximate surface area is 164 Å². The lowest BCUT2D eigenvalue weighted by molar-refractivity contribution is 0.744. The molecule has 0 radical (unpaired) electrons. The van der Waals surface area contributed by atoms with E-state index in [4.69, 9.17) is 16.6 Å². The summed E-state index contributed by atoms with van der Waals surface area (Å²) < 4.78 is 0. The first-order chi connectivity index (χ1) is 13.3. The first-order valence-corrected chi connectivity index (χ1v) is 9.68. The van der Waals surface area contributed by atoms with Gasteiger partial charge in [-0.05, 0) is 42.7 Å². The summed E-state index contributed by atoms with van der Waals surface area (Å²) in [6, 6.07) is 14.2. The normalized spacial score (nSPS) is 14.3. The van der Waals surface area contributed by atoms with Crippen molar-refractivity contribution in [3.63, 3.8) is 0 Å². The second-order valence-corrected chi connectivity index (χ2v) is 7.25. The predicted molar refractivity (Wildman–Crippen MR) is 110 cm³/mol. The molecule has 0 spiro atoms. The van der Waals surface area contributed by atoms with E-state index >= 15 is 0 Å². The van der Waals surface area contributed by atoms with Gasteiger partial charge in [-0.3, -0.25) is 4.98 Å². The number of pyridine rings is 1. The van der Waals surface area contributed by atoms with E-state index in [0.29, 0.717) is 18.5 Å². The lowest BCUT2D eigenvalue weighted by atomic mass is 10.2. The fraction of sp³-hybridized carbons (Fsp3) is 0.286. The van der Waals surface area contributed by atoms with Gasteiger partial charge >= 0.3 is 0 Å². The van der Waals surface area contributed by atoms with Crippen molar-refractivity contribution in [3.8, 4) is 11.3 Å². The zero-order chi connectivity index (χ0) is 18.5. The van der Waals surface area contributed by atoms with Crippen molar-refractivity contribution in [2.24, 2.45) is 0 Å². The molecule has 0 amide bonds. The number of halogens is 1. The average Bonchev–Trinajstić information content (AvgIpc) is 3.20. The van der Waals surface area contributed by atoms with Gasteiger partial charge in [-0.15, -0.1) is 0 Å². The summed E-state index contributed by atoms with van der Waals surface area (Å²) in [5, 5.41) is 7.62. The molecule has 0 aliphatic heterocycles. The summed E-state index contributed by atoms with van der Waals surface area (Å²) in [6.07, 6.45) is 8.46. The standard InChI is InChI=1S/C21H22ClN5/c22-17-7-3-5-15(11-17)13-24-20-12-19(16-6-4-10-23-14-16)26-21(27-20)25-18-8-1-2-9-18/h3-7,10-12,14,18H,1-2,8-9,13H2,(H2,24,25,26,27). The van der Waals surface area contributed by atoms with E-state index in [1.165, 1.54) is 25.7 Å². The third-order valence-corrected chi connectivity index (χ3v) is 4.97. The molecule has 1 fully saturated rings. The van der Waals surface area contributed by atoms with Gasteiger partial charge in [0, 0.05) is 41.6 Å². The minimum atomic E-state index is 0.454. The van der Waals surface area contributed by atoms with Crippen molar-refractivity contribution in [2.75, 3.05) is 10.6 Å². The molecule has 0 unspecified atom stereocenters. The van der Waals surface area contributed by atoms with E-state index < -0.39 is 0 Å². The Kier molecular flexibility index (Phi) is 5.49. The average molecular weight is 380 g/mol. The van der Waals surface area contributed by atoms with Crippen molar-refractivity contribution < 1.29 is 0 Å². The molecule has 2 heterocycles. The maximum Gasteiger partial charge on any atom is 0.225 e. The number of benzene rings is 1. The summed E-state index contributed by atoms with van der Waals surface area (Å²) >= 11 is 6.08. The Morgan fingerprint density at radius 1 is 1.04 bits per heavy atom. The first kappa shape index (κ1) is 17.7. The number of anilines is 2. The quantitative estimate of drug-likeness (QED) is 0.619. The summed E-state index contributed by atoms with van der Waals surface area (Å²) in [4.78, 5) is 13.6. The Hall–Kier alpha value is -2.66. The number of hydrogen-bond donors (Lipinski definition) is 2. The van der Waals surface area contributed by atoms with Crippen molar-refractivity contribution in [1.82, 2.24) is 15.0 Å². The van der Waals surface area contributed by atoms with E-state index in [9.17, 15) is 0 Å². The topological polar surface area (TPSA) is 62.7 Å². The van der Waals surface area contributed by atoms with Gasteiger partial charge < -0.3 is 10.6 Å². The number of nitrogens with zero attached hydrogens (tertiary/aromatic N) is 3. The Bertz CT molecular complexity index is 894. The monoisotopic (exact) mass is 379 g/mol. The van der Waals surface area contributed by atoms with Crippen LogP contribution in [0.1, 0.15) is 31.2 Å². The summed E-state index contributed by atoms with van der Waals surface area (Å²) in [7, 11) is 0. The Balaban J connectivity index is 1.58. The van der Waals surface area contributed by atoms with Gasteiger partial charge in [0.15, 0.2) is 0 Å². The van der Waals surface area contributed by atoms with Crippen LogP contribution in [0.2, 0.25) is 5.02 Å². The van der Waals surface area contributed by atoms with Crippen LogP contribution < -0.4 is 10.6 Å². The van der Waals surface area contributed by atoms with Crippen molar-refractivity contribution in [2.45, 2.75) is 38.3 Å². The molecule has 1 saturated carbocycles. The minimum absolute atomic E-state index is 0.454. The fourth-order valence-corrected chi connectivity index (χ4v) is 3.57. The van der Waals surface area contributed by atoms with Gasteiger partial charge in [0.1, 0.15) is 5.82 Å². The number of aromatic nitrogens is 3. The van der Waals surface area contributed by atoms with Crippen molar-refractivity contribution >= 4 is 23.4 Å². The molecule has 0 saturated heterocycles. The molecule has 3 aromatic rings. The molecule has 5 nitrogen and oxygen atoms in total. The van der Waals surface area contributed by atoms with Crippen LogP contribution in [0.3, 0.4) is 0 Å². The summed E-state index contributed by atoms with van der Waals surface area (Å²) in [5.41, 5.74) is 2.93. The summed E-state index contributed by atoms with van der Waals surface area (Å²) in [6.45, 7) is 0.646. The fourth-order valence-electron chi connectivity index (χ4n) is 3.36. The molecule has 1 aliphatic rings. The zero-order valence-corrected chi connectivity index (χ0v) is 15.8. The largest absolute Gasteiger partial charge is 0.366 e. The van der Waals surface area contributed by atoms with Crippen LogP contribution in [0.15, 0.2) is 54.9 Å². The van der Waals surface area contributed by atoms with Gasteiger partial charge in [0.2, 0.25) is 5.95 Å². The smallest absolute Gasteiger partial charge is 0.225 e. The molecular weight excluding hydrogens is 358 g/mol. The molecule has 138 valence electrons. The Morgan fingerprint density at radius 2 is 1.93 bits per heavy atom. The van der Waals surface area contributed by atoms with Crippen LogP contribution in [-0.2, 0) is 6.54 Å². The van der Waals surface area contributed by atoms with Crippen LogP contribution in [-0.4, -0.2) is 21.0 Å². The molecule has 4 rings (SSSR count). The van der Waals surface area contributed by atoms with Gasteiger partial charge in [-0.2, -0.15) is 4.98 Å². The summed E-state index contributed by atoms with van der Waals surface area (Å²) in [5.74, 6) is 1.45. The SMILES string of the molecule is Clc1cccc(CNc2cc(-c3cccnc3)nc(NC3CCCC3)n2)c1. The van der Waals surface area contributed by atoms with Crippen LogP contribution in [0, 0.1) is 0 Å². The van der Waals surface area contributed by atoms with Gasteiger partial charge in [0.05, 0.1) is 5.69 Å². The molecule has 1 aromatic carbocycles. The van der Waals surface area contributed by atoms with Crippen LogP contribution in [0.5, 0.6) is 0 Å². The lowest BCUT2D eigenvalue weighted by Crippen LogP contribution is -2.17. The third-order valence-electron chi connectivity index (χ3n) is 4.73. The molecule has 2 N–H and O–H groups in total. The lowest BCUT2D eigenvalue weighted by Gasteiger charge is -2.15. The van der Waals surface area contributed by atoms with Gasteiger partial charge in [-0.25, -0.2) is 4.98 Å². The van der Waals surface area contributed by atoms with E-state index in [0.717, 1.165) is 27.7 Å². The zero-order valence-electron chi connectivity index (χ0n) is 15.0. The van der Waals surface area contributed by atoms with E-state index in [2.05, 4.69) is 20.6 Å². The van der Waals surface area contributed by atoms with Crippen LogP contribution >= 0.6 is 11.6 Å². The highest BCUT2D eigenvalue weighted by molar-refractivity contribution is 6.30. The van der Waals surface area contributed by atoms with Crippen LogP contribution in [0.4, 0.5) is 11.8 Å². The highest BCUT2D eigenvalue weighted by atomic mass is 35.5. The Morgan fingerprint density at radius 3 is 2.70 bits per heavy atom. The van der Waals surface area contributed by atoms with Crippen molar-refractivity contribution in [1.29, 1.82) is 0 Å². The van der Waals surface area contributed by atoms with Crippen LogP contribution in [0.25, 0.3) is 11.3 Å².